The number of aromatic nitrogens is 4. The van der Waals surface area contributed by atoms with Crippen molar-refractivity contribution in [2.24, 2.45) is 0 Å². The maximum atomic E-state index is 15.1. The molecule has 0 saturated carbocycles. The Morgan fingerprint density at radius 1 is 1.15 bits per heavy atom. The van der Waals surface area contributed by atoms with Gasteiger partial charge in [0.05, 0.1) is 36.0 Å². The van der Waals surface area contributed by atoms with Gasteiger partial charge in [-0.15, -0.1) is 0 Å². The first kappa shape index (κ1) is 31.5. The van der Waals surface area contributed by atoms with Gasteiger partial charge >= 0.3 is 0 Å². The van der Waals surface area contributed by atoms with E-state index in [0.717, 1.165) is 11.0 Å². The molecule has 0 aliphatic carbocycles. The lowest BCUT2D eigenvalue weighted by Gasteiger charge is -2.31. The van der Waals surface area contributed by atoms with Gasteiger partial charge in [0.1, 0.15) is 29.4 Å². The van der Waals surface area contributed by atoms with Crippen molar-refractivity contribution in [3.63, 3.8) is 0 Å². The monoisotopic (exact) mass is 660 g/mol. The number of ether oxygens (including phenoxy) is 1. The fourth-order valence-electron chi connectivity index (χ4n) is 5.82. The van der Waals surface area contributed by atoms with E-state index in [1.54, 1.807) is 6.07 Å². The number of carbonyl (C=O) groups excluding carboxylic acids is 2. The van der Waals surface area contributed by atoms with E-state index < -0.39 is 35.8 Å². The molecule has 1 aromatic carbocycles. The molecule has 16 heteroatoms. The Morgan fingerprint density at radius 2 is 1.91 bits per heavy atom. The van der Waals surface area contributed by atoms with Gasteiger partial charge in [0, 0.05) is 50.8 Å². The fraction of sp³-hybridized carbons (Fsp3) is 0.367. The summed E-state index contributed by atoms with van der Waals surface area (Å²) in [4.78, 5) is 37.9. The number of benzene rings is 1. The van der Waals surface area contributed by atoms with Gasteiger partial charge in [0.25, 0.3) is 17.7 Å². The summed E-state index contributed by atoms with van der Waals surface area (Å²) in [5.74, 6) is -4.68. The molecule has 2 amide bonds. The Hall–Kier alpha value is -4.50. The highest BCUT2D eigenvalue weighted by Crippen LogP contribution is 2.33. The number of fused-ring (bicyclic) bond motifs is 1. The molecule has 0 unspecified atom stereocenters. The predicted octanol–water partition coefficient (Wildman–Crippen LogP) is 4.00. The van der Waals surface area contributed by atoms with Gasteiger partial charge in [-0.05, 0) is 29.8 Å². The molecule has 11 nitrogen and oxygen atoms in total. The molecule has 0 radical (unpaired) electrons. The van der Waals surface area contributed by atoms with E-state index in [0.29, 0.717) is 28.9 Å². The van der Waals surface area contributed by atoms with E-state index in [9.17, 15) is 22.8 Å². The van der Waals surface area contributed by atoms with Crippen LogP contribution < -0.4 is 15.8 Å². The number of piperidine rings is 1. The highest BCUT2D eigenvalue weighted by Gasteiger charge is 2.38. The van der Waals surface area contributed by atoms with Crippen molar-refractivity contribution < 1.29 is 31.9 Å². The van der Waals surface area contributed by atoms with Crippen molar-refractivity contribution in [3.8, 4) is 17.1 Å². The number of carbonyl (C=O) groups is 2. The summed E-state index contributed by atoms with van der Waals surface area (Å²) >= 11 is 5.95. The zero-order valence-electron chi connectivity index (χ0n) is 24.5. The van der Waals surface area contributed by atoms with E-state index in [-0.39, 0.29) is 66.9 Å². The van der Waals surface area contributed by atoms with Crippen molar-refractivity contribution in [1.82, 2.24) is 34.7 Å². The van der Waals surface area contributed by atoms with Gasteiger partial charge in [-0.1, -0.05) is 17.7 Å². The topological polar surface area (TPSA) is 131 Å². The zero-order chi connectivity index (χ0) is 32.7. The molecule has 3 N–H and O–H groups in total. The Labute approximate surface area is 265 Å². The van der Waals surface area contributed by atoms with Crippen molar-refractivity contribution in [3.05, 3.63) is 70.4 Å². The number of rotatable bonds is 7. The van der Waals surface area contributed by atoms with E-state index in [4.69, 9.17) is 22.1 Å². The number of alkyl halides is 3. The van der Waals surface area contributed by atoms with Crippen molar-refractivity contribution in [2.45, 2.75) is 37.5 Å². The summed E-state index contributed by atoms with van der Waals surface area (Å²) in [6.07, 6.45) is 0.631. The number of pyridine rings is 1. The Bertz CT molecular complexity index is 1810. The number of amides is 2. The largest absolute Gasteiger partial charge is 0.480 e. The molecule has 0 bridgehead atoms. The van der Waals surface area contributed by atoms with Crippen LogP contribution in [0.15, 0.2) is 42.9 Å². The predicted molar refractivity (Wildman–Crippen MR) is 160 cm³/mol. The second-order valence-corrected chi connectivity index (χ2v) is 11.7. The summed E-state index contributed by atoms with van der Waals surface area (Å²) in [6.45, 7) is 0.219. The molecule has 46 heavy (non-hydrogen) atoms. The first-order chi connectivity index (χ1) is 22.0. The number of anilines is 1. The number of likely N-dealkylation sites (tertiary alicyclic amines) is 2. The lowest BCUT2D eigenvalue weighted by Crippen LogP contribution is -2.42. The van der Waals surface area contributed by atoms with E-state index >= 15 is 4.39 Å². The summed E-state index contributed by atoms with van der Waals surface area (Å²) in [7, 11) is 1.33. The average molecular weight is 661 g/mol. The third-order valence-corrected chi connectivity index (χ3v) is 8.65. The quantitative estimate of drug-likeness (QED) is 0.285. The van der Waals surface area contributed by atoms with Crippen LogP contribution in [0.3, 0.4) is 0 Å². The van der Waals surface area contributed by atoms with Crippen LogP contribution in [0.4, 0.5) is 23.4 Å². The minimum Gasteiger partial charge on any atom is -0.480 e. The number of methoxy groups -OCH3 is 1. The second kappa shape index (κ2) is 12.4. The van der Waals surface area contributed by atoms with Gasteiger partial charge in [-0.3, -0.25) is 14.5 Å². The Balaban J connectivity index is 1.25. The molecule has 242 valence electrons. The van der Waals surface area contributed by atoms with Crippen LogP contribution >= 0.6 is 11.6 Å². The summed E-state index contributed by atoms with van der Waals surface area (Å²) in [5, 5.41) is 6.58. The summed E-state index contributed by atoms with van der Waals surface area (Å²) < 4.78 is 63.4. The van der Waals surface area contributed by atoms with Crippen LogP contribution in [0.5, 0.6) is 5.88 Å². The number of nitrogens with two attached hydrogens (primary N) is 1. The maximum Gasteiger partial charge on any atom is 0.257 e. The molecule has 2 atom stereocenters. The molecule has 2 fully saturated rings. The van der Waals surface area contributed by atoms with Crippen LogP contribution in [0.1, 0.15) is 39.1 Å². The number of nitrogens with zero attached hydrogens (tertiary/aromatic N) is 6. The molecule has 2 aliphatic heterocycles. The molecule has 5 heterocycles. The van der Waals surface area contributed by atoms with Gasteiger partial charge < -0.3 is 20.7 Å². The lowest BCUT2D eigenvalue weighted by molar-refractivity contribution is -0.0565. The fourth-order valence-corrected chi connectivity index (χ4v) is 6.03. The highest BCUT2D eigenvalue weighted by atomic mass is 35.5. The molecule has 0 spiro atoms. The summed E-state index contributed by atoms with van der Waals surface area (Å²) in [5.41, 5.74) is 8.22. The molecule has 2 aliphatic rings. The molecule has 3 aromatic heterocycles. The van der Waals surface area contributed by atoms with E-state index in [1.807, 2.05) is 4.90 Å². The van der Waals surface area contributed by atoms with Crippen LogP contribution in [0, 0.1) is 5.82 Å². The summed E-state index contributed by atoms with van der Waals surface area (Å²) in [6, 6.07) is 5.99. The normalized spacial score (nSPS) is 19.8. The standard InChI is InChI=1S/C30H29ClF4N8O3/c1-46-28-19(27(44)40-22-14-42(13-21(22)33)29(45)18-3-2-4-20(32)24(18)31)9-16(11-37-28)23-10-17(25-26(36)38-15-39-43(23)25)12-41-7-5-30(34,35)6-8-41/h2-4,9-11,15,21-22H,5-8,12-14H2,1H3,(H,40,44)(H2,36,38,39)/t21-,22+/m0/s1. The Morgan fingerprint density at radius 3 is 2.65 bits per heavy atom. The third kappa shape index (κ3) is 6.03. The van der Waals surface area contributed by atoms with Crippen LogP contribution in [-0.2, 0) is 6.54 Å². The van der Waals surface area contributed by atoms with Gasteiger partial charge in [-0.2, -0.15) is 5.10 Å². The Kier molecular flexibility index (Phi) is 8.46. The van der Waals surface area contributed by atoms with Crippen molar-refractivity contribution in [1.29, 1.82) is 0 Å². The number of hydrogen-bond acceptors (Lipinski definition) is 8. The third-order valence-electron chi connectivity index (χ3n) is 8.26. The first-order valence-electron chi connectivity index (χ1n) is 14.4. The minimum atomic E-state index is -2.69. The van der Waals surface area contributed by atoms with Crippen LogP contribution in [0.25, 0.3) is 16.8 Å². The number of nitrogens with one attached hydrogen (secondary N) is 1. The van der Waals surface area contributed by atoms with Crippen molar-refractivity contribution >= 4 is 34.7 Å². The van der Waals surface area contributed by atoms with Gasteiger partial charge in [-0.25, -0.2) is 32.0 Å². The number of hydrogen-bond donors (Lipinski definition) is 2. The maximum absolute atomic E-state index is 15.1. The molecular weight excluding hydrogens is 632 g/mol. The van der Waals surface area contributed by atoms with E-state index in [1.165, 1.54) is 42.3 Å². The average Bonchev–Trinajstić information content (AvgIpc) is 3.59. The molecule has 6 rings (SSSR count). The second-order valence-electron chi connectivity index (χ2n) is 11.3. The zero-order valence-corrected chi connectivity index (χ0v) is 25.3. The van der Waals surface area contributed by atoms with Gasteiger partial charge in [0.2, 0.25) is 5.88 Å². The van der Waals surface area contributed by atoms with E-state index in [2.05, 4.69) is 20.4 Å². The smallest absolute Gasteiger partial charge is 0.257 e. The number of nitrogen functional groups attached to an aromatic ring is 1. The SMILES string of the molecule is COc1ncc(-c2cc(CN3CCC(F)(F)CC3)c3c(N)ncnn23)cc1C(=O)N[C@@H]1CN(C(=O)c2cccc(F)c2Cl)C[C@@H]1F. The molecular formula is C30H29ClF4N8O3. The lowest BCUT2D eigenvalue weighted by atomic mass is 10.1. The number of halogens is 5. The molecule has 2 saturated heterocycles. The van der Waals surface area contributed by atoms with Crippen molar-refractivity contribution in [2.75, 3.05) is 39.0 Å². The highest BCUT2D eigenvalue weighted by molar-refractivity contribution is 6.34. The molecule has 4 aromatic rings. The first-order valence-corrected chi connectivity index (χ1v) is 14.8. The van der Waals surface area contributed by atoms with Gasteiger partial charge in [0.15, 0.2) is 5.82 Å². The van der Waals surface area contributed by atoms with Crippen LogP contribution in [-0.4, -0.2) is 92.6 Å². The van der Waals surface area contributed by atoms with Crippen LogP contribution in [0.2, 0.25) is 5.02 Å². The minimum absolute atomic E-state index is 0.0121.